The Hall–Kier alpha value is -3.33. The molecule has 7 rings (SSSR count). The van der Waals surface area contributed by atoms with Crippen molar-refractivity contribution in [3.05, 3.63) is 49.8 Å². The highest BCUT2D eigenvalue weighted by molar-refractivity contribution is 14.1. The van der Waals surface area contributed by atoms with Crippen LogP contribution in [-0.2, 0) is 52.3 Å². The van der Waals surface area contributed by atoms with Crippen LogP contribution in [-0.4, -0.2) is 224 Å². The lowest BCUT2D eigenvalue weighted by atomic mass is 9.75. The molecule has 4 heterocycles. The van der Waals surface area contributed by atoms with Gasteiger partial charge in [-0.2, -0.15) is 5.48 Å². The van der Waals surface area contributed by atoms with Crippen LogP contribution in [0.25, 0.3) is 0 Å². The van der Waals surface area contributed by atoms with E-state index >= 15 is 0 Å². The first-order valence-electron chi connectivity index (χ1n) is 28.3. The molecule has 0 spiro atoms. The fourth-order valence-corrected chi connectivity index (χ4v) is 14.7. The Morgan fingerprint density at radius 3 is 2.26 bits per heavy atom. The van der Waals surface area contributed by atoms with Gasteiger partial charge in [-0.3, -0.25) is 19.7 Å². The second kappa shape index (κ2) is 31.8. The molecule has 0 unspecified atom stereocenters. The Morgan fingerprint density at radius 1 is 0.897 bits per heavy atom. The molecule has 10 N–H and O–H groups in total. The second-order valence-corrected chi connectivity index (χ2v) is 27.2. The van der Waals surface area contributed by atoms with Crippen molar-refractivity contribution in [3.8, 4) is 40.9 Å². The highest BCUT2D eigenvalue weighted by Gasteiger charge is 2.52. The van der Waals surface area contributed by atoms with Crippen molar-refractivity contribution in [1.82, 2.24) is 16.1 Å². The normalized spacial score (nSPS) is 35.3. The Bertz CT molecular complexity index is 2820. The number of benzene rings is 1. The number of amides is 1. The number of aliphatic hydroxyl groups excluding tert-OH is 4. The summed E-state index contributed by atoms with van der Waals surface area (Å²) in [7, 11) is 9.75. The number of hydrogen-bond acceptors (Lipinski definition) is 27. The maximum atomic E-state index is 14.5. The van der Waals surface area contributed by atoms with Gasteiger partial charge in [-0.15, -0.1) is 0 Å². The number of nitrogens with two attached hydrogens (primary N) is 1. The van der Waals surface area contributed by atoms with E-state index in [1.165, 1.54) is 55.1 Å². The smallest absolute Gasteiger partial charge is 0.411 e. The van der Waals surface area contributed by atoms with E-state index in [1.54, 1.807) is 40.9 Å². The summed E-state index contributed by atoms with van der Waals surface area (Å²) in [6, 6.07) is -1.29. The molecular weight excluding hydrogens is 1310 g/mol. The van der Waals surface area contributed by atoms with E-state index in [-0.39, 0.29) is 81.7 Å². The van der Waals surface area contributed by atoms with Gasteiger partial charge in [-0.25, -0.2) is 4.79 Å². The average molecular weight is 1390 g/mol. The summed E-state index contributed by atoms with van der Waals surface area (Å²) in [4.78, 5) is 47.8. The number of nitrogens with one attached hydrogen (secondary N) is 3. The van der Waals surface area contributed by atoms with Gasteiger partial charge < -0.3 is 93.4 Å². The van der Waals surface area contributed by atoms with E-state index in [2.05, 4.69) is 39.8 Å². The van der Waals surface area contributed by atoms with Crippen molar-refractivity contribution in [3.63, 3.8) is 0 Å². The minimum absolute atomic E-state index is 0.0237. The first-order chi connectivity index (χ1) is 41.4. The molecule has 484 valence electrons. The standard InChI is InChI=1S/C58H81IN4O21S3/c1-13-61-32-25-77-37(23-36(32)72-8)82-50-45(67)42(28(3)79-55(50)81-35-18-16-14-15-17-20-58(71)24-34(65)43(62-56(70)76-12)40(35)31(58)19-21-85-87-57(6,7)26-60)63-84-38-22-33(64)52(30(5)78-38)86-53(69)39-27(2)41(59)48(51(75-11)47(39)73-9)83-54-46(68)49(74-10)44(66)29(4)80-54/h14-15,19,28-30,32-33,35-38,42,44-46,49-50,52,54-55,61,63-64,66-68,71H,13,21-26,60H2,1-12H3,(H,62,70)/b15-14+,31-19+/t28-,29+,30-,32+,33+,35+,36+,37+,38+,42-,44+,45+,46-,49-,50-,52-,54+,55+,58+/m1/s1. The van der Waals surface area contributed by atoms with Crippen LogP contribution in [0.15, 0.2) is 35.1 Å². The van der Waals surface area contributed by atoms with Crippen LogP contribution in [0.1, 0.15) is 76.7 Å². The molecule has 0 radical (unpaired) electrons. The molecule has 1 aromatic carbocycles. The first-order valence-corrected chi connectivity index (χ1v) is 32.6. The fraction of sp³-hybridized carbons (Fsp3) is 0.672. The van der Waals surface area contributed by atoms with Crippen LogP contribution in [0.3, 0.4) is 0 Å². The molecule has 4 aliphatic heterocycles. The van der Waals surface area contributed by atoms with Crippen LogP contribution in [0.5, 0.6) is 17.2 Å². The number of methoxy groups -OCH3 is 5. The summed E-state index contributed by atoms with van der Waals surface area (Å²) in [5, 5.41) is 62.9. The number of thioether (sulfide) groups is 1. The number of halogens is 1. The fourth-order valence-electron chi connectivity index (χ4n) is 10.6. The third kappa shape index (κ3) is 16.7. The molecule has 25 nitrogen and oxygen atoms in total. The third-order valence-corrected chi connectivity index (χ3v) is 21.3. The number of likely N-dealkylation sites (N-methyl/N-ethyl adjacent to an activating group) is 1. The summed E-state index contributed by atoms with van der Waals surface area (Å²) in [6.45, 7) is 13.7. The monoisotopic (exact) mass is 1390 g/mol. The van der Waals surface area contributed by atoms with Crippen molar-refractivity contribution < 1.29 is 102 Å². The minimum Gasteiger partial charge on any atom is -0.492 e. The number of Topliss-reactive ketones (excluding diaryl/α,β-unsaturated/α-hetero) is 1. The Morgan fingerprint density at radius 2 is 1.61 bits per heavy atom. The second-order valence-electron chi connectivity index (χ2n) is 21.9. The van der Waals surface area contributed by atoms with Crippen LogP contribution in [0.2, 0.25) is 0 Å². The minimum atomic E-state index is -2.09. The average Bonchev–Trinajstić information content (AvgIpc) is 0.827. The topological polar surface area (TPSA) is 334 Å². The summed E-state index contributed by atoms with van der Waals surface area (Å²) >= 11 is 2.82. The Kier molecular flexibility index (Phi) is 26.0. The Labute approximate surface area is 532 Å². The molecule has 0 saturated carbocycles. The van der Waals surface area contributed by atoms with Crippen molar-refractivity contribution >= 4 is 72.9 Å². The van der Waals surface area contributed by atoms with E-state index in [0.717, 1.165) is 18.9 Å². The predicted octanol–water partition coefficient (Wildman–Crippen LogP) is 2.66. The van der Waals surface area contributed by atoms with Crippen LogP contribution < -0.4 is 36.1 Å². The van der Waals surface area contributed by atoms with Gasteiger partial charge in [-0.1, -0.05) is 70.0 Å². The predicted molar refractivity (Wildman–Crippen MR) is 329 cm³/mol. The van der Waals surface area contributed by atoms with Gasteiger partial charge in [0.25, 0.3) is 0 Å². The number of hydrogen-bond donors (Lipinski definition) is 9. The zero-order chi connectivity index (χ0) is 63.7. The van der Waals surface area contributed by atoms with E-state index in [9.17, 15) is 39.9 Å². The maximum Gasteiger partial charge on any atom is 0.411 e. The number of rotatable bonds is 23. The van der Waals surface area contributed by atoms with Crippen molar-refractivity contribution in [2.75, 3.05) is 61.0 Å². The van der Waals surface area contributed by atoms with E-state index in [4.69, 9.17) is 67.4 Å². The number of aliphatic hydroxyl groups is 5. The maximum absolute atomic E-state index is 14.5. The van der Waals surface area contributed by atoms with E-state index in [1.807, 2.05) is 43.4 Å². The summed E-state index contributed by atoms with van der Waals surface area (Å²) in [6.07, 6.45) is -14.0. The Balaban J connectivity index is 1.13. The van der Waals surface area contributed by atoms with Crippen LogP contribution in [0.4, 0.5) is 4.79 Å². The highest BCUT2D eigenvalue weighted by Crippen LogP contribution is 2.49. The molecule has 0 aromatic heterocycles. The molecule has 2 bridgehead atoms. The van der Waals surface area contributed by atoms with Gasteiger partial charge in [0.2, 0.25) is 17.2 Å². The number of fused-ring (bicyclic) bond motifs is 2. The highest BCUT2D eigenvalue weighted by atomic mass is 127. The lowest BCUT2D eigenvalue weighted by molar-refractivity contribution is -0.336. The third-order valence-electron chi connectivity index (χ3n) is 15.4. The molecule has 4 saturated heterocycles. The number of carbonyl (C=O) groups excluding carboxylic acids is 3. The number of alkyl carbamates (subject to hydrolysis) is 1. The molecule has 6 aliphatic rings. The lowest BCUT2D eigenvalue weighted by Gasteiger charge is -2.46. The number of ketones is 1. The summed E-state index contributed by atoms with van der Waals surface area (Å²) < 4.78 is 72.4. The molecule has 2 aliphatic carbocycles. The van der Waals surface area contributed by atoms with Crippen LogP contribution >= 0.6 is 55.9 Å². The summed E-state index contributed by atoms with van der Waals surface area (Å²) in [5.74, 6) is 11.3. The van der Waals surface area contributed by atoms with Gasteiger partial charge in [0.15, 0.2) is 41.8 Å². The van der Waals surface area contributed by atoms with Gasteiger partial charge in [0.1, 0.15) is 36.6 Å². The first kappa shape index (κ1) is 71.1. The number of ether oxygens (including phenoxy) is 12. The molecule has 1 amide bonds. The number of allylic oxidation sites excluding steroid dienone is 3. The number of carbonyl (C=O) groups is 3. The molecule has 1 aromatic rings. The van der Waals surface area contributed by atoms with Gasteiger partial charge in [0, 0.05) is 55.3 Å². The summed E-state index contributed by atoms with van der Waals surface area (Å²) in [5.41, 5.74) is 7.21. The van der Waals surface area contributed by atoms with Gasteiger partial charge in [-0.05, 0) is 88.4 Å². The quantitative estimate of drug-likeness (QED) is 0.0250. The molecule has 87 heavy (non-hydrogen) atoms. The SMILES string of the molecule is CCN[C@H]1CO[C@@H](O[C@H]2[C@H](O[C@H]3C#C/C=C/C#C[C@]4(O)CC(=O)C(NC(=O)OC)=C3/C4=C\CSSC(C)(C)CN)O[C@H](C)[C@@H](NO[C@H]3C[C@H](O)[C@H](SC(=O)c4c(C)c(I)c(O[C@@H]5O[C@@H](C)[C@H](O)[C@@H](OC)[C@H]5O)c(OC)c4OC)[C@@H](C)O3)[C@@H]2O)C[C@@H]1OC. The van der Waals surface area contributed by atoms with E-state index in [0.29, 0.717) is 22.2 Å². The largest absolute Gasteiger partial charge is 0.492 e. The molecular formula is C58H81IN4O21S3. The van der Waals surface area contributed by atoms with Gasteiger partial charge >= 0.3 is 6.09 Å². The lowest BCUT2D eigenvalue weighted by Crippen LogP contribution is -2.65. The van der Waals surface area contributed by atoms with Crippen molar-refractivity contribution in [2.45, 2.75) is 188 Å². The van der Waals surface area contributed by atoms with Crippen molar-refractivity contribution in [2.24, 2.45) is 5.73 Å². The van der Waals surface area contributed by atoms with Crippen LogP contribution in [0, 0.1) is 34.2 Å². The number of hydroxylamine groups is 1. The van der Waals surface area contributed by atoms with Gasteiger partial charge in [0.05, 0.1) is 97.0 Å². The molecule has 19 atom stereocenters. The van der Waals surface area contributed by atoms with Crippen molar-refractivity contribution in [1.29, 1.82) is 0 Å². The zero-order valence-electron chi connectivity index (χ0n) is 50.5. The van der Waals surface area contributed by atoms with E-state index < -0.39 is 127 Å². The molecule has 4 fully saturated rings. The molecule has 29 heteroatoms. The zero-order valence-corrected chi connectivity index (χ0v) is 55.1.